The van der Waals surface area contributed by atoms with Crippen LogP contribution >= 0.6 is 0 Å². The van der Waals surface area contributed by atoms with Crippen LogP contribution in [0.4, 0.5) is 0 Å². The van der Waals surface area contributed by atoms with Crippen LogP contribution in [0.15, 0.2) is 35.2 Å². The minimum atomic E-state index is -3.94. The van der Waals surface area contributed by atoms with E-state index in [1.165, 1.54) is 33.3 Å². The zero-order valence-corrected chi connectivity index (χ0v) is 21.0. The van der Waals surface area contributed by atoms with Crippen LogP contribution in [0.25, 0.3) is 0 Å². The first kappa shape index (κ1) is 26.3. The van der Waals surface area contributed by atoms with Crippen molar-refractivity contribution in [3.63, 3.8) is 0 Å². The number of hydrogen-bond donors (Lipinski definition) is 0. The summed E-state index contributed by atoms with van der Waals surface area (Å²) in [5.41, 5.74) is 1.52. The van der Waals surface area contributed by atoms with Crippen LogP contribution in [0.2, 0.25) is 0 Å². The second kappa shape index (κ2) is 11.2. The average molecular weight is 481 g/mol. The lowest BCUT2D eigenvalue weighted by Crippen LogP contribution is -2.41. The topological polar surface area (TPSA) is 94.6 Å². The van der Waals surface area contributed by atoms with Crippen molar-refractivity contribution in [2.75, 3.05) is 48.6 Å². The van der Waals surface area contributed by atoms with E-state index in [2.05, 4.69) is 0 Å². The van der Waals surface area contributed by atoms with Crippen molar-refractivity contribution in [3.8, 4) is 23.0 Å². The highest BCUT2D eigenvalue weighted by atomic mass is 32.2. The van der Waals surface area contributed by atoms with E-state index in [9.17, 15) is 13.2 Å². The summed E-state index contributed by atoms with van der Waals surface area (Å²) in [6, 6.07) is 8.41. The summed E-state index contributed by atoms with van der Waals surface area (Å²) >= 11 is 0. The van der Waals surface area contributed by atoms with E-state index >= 15 is 0 Å². The molecule has 0 spiro atoms. The predicted molar refractivity (Wildman–Crippen MR) is 125 cm³/mol. The minimum absolute atomic E-state index is 0.0342. The van der Waals surface area contributed by atoms with Gasteiger partial charge in [-0.2, -0.15) is 4.31 Å². The number of ether oxygens (including phenoxy) is 4. The third kappa shape index (κ3) is 5.88. The Hall–Kier alpha value is -2.98. The number of benzene rings is 2. The van der Waals surface area contributed by atoms with Crippen LogP contribution < -0.4 is 18.9 Å². The monoisotopic (exact) mass is 480 g/mol. The van der Waals surface area contributed by atoms with E-state index in [1.807, 2.05) is 0 Å². The summed E-state index contributed by atoms with van der Waals surface area (Å²) in [6.45, 7) is 3.53. The van der Waals surface area contributed by atoms with Crippen LogP contribution in [0.5, 0.6) is 23.0 Å². The number of rotatable bonds is 11. The maximum atomic E-state index is 13.3. The second-order valence-electron chi connectivity index (χ2n) is 7.37. The molecule has 0 aliphatic carbocycles. The zero-order chi connectivity index (χ0) is 24.8. The molecule has 33 heavy (non-hydrogen) atoms. The number of amides is 1. The molecule has 2 aromatic rings. The van der Waals surface area contributed by atoms with Crippen LogP contribution in [0.3, 0.4) is 0 Å². The van der Waals surface area contributed by atoms with Gasteiger partial charge in [0.05, 0.1) is 35.0 Å². The third-order valence-corrected chi connectivity index (χ3v) is 7.11. The van der Waals surface area contributed by atoms with Crippen molar-refractivity contribution < 1.29 is 32.2 Å². The van der Waals surface area contributed by atoms with Crippen LogP contribution in [0.1, 0.15) is 18.1 Å². The minimum Gasteiger partial charge on any atom is -0.495 e. The molecule has 2 aromatic carbocycles. The summed E-state index contributed by atoms with van der Waals surface area (Å²) in [5, 5.41) is 0. The predicted octanol–water partition coefficient (Wildman–Crippen LogP) is 2.70. The third-order valence-electron chi connectivity index (χ3n) is 5.17. The largest absolute Gasteiger partial charge is 0.495 e. The molecule has 0 fully saturated rings. The fourth-order valence-corrected chi connectivity index (χ4v) is 4.99. The van der Waals surface area contributed by atoms with Gasteiger partial charge in [-0.1, -0.05) is 13.0 Å². The number of carbonyl (C=O) groups excluding carboxylic acids is 1. The Morgan fingerprint density at radius 1 is 0.909 bits per heavy atom. The Bertz CT molecular complexity index is 1060. The van der Waals surface area contributed by atoms with Gasteiger partial charge in [0.1, 0.15) is 10.6 Å². The molecule has 182 valence electrons. The van der Waals surface area contributed by atoms with Gasteiger partial charge in [-0.3, -0.25) is 4.79 Å². The van der Waals surface area contributed by atoms with Gasteiger partial charge in [-0.05, 0) is 42.3 Å². The number of carbonyl (C=O) groups is 1. The number of sulfonamides is 1. The highest BCUT2D eigenvalue weighted by Crippen LogP contribution is 2.38. The summed E-state index contributed by atoms with van der Waals surface area (Å²) < 4.78 is 49.0. The lowest BCUT2D eigenvalue weighted by Gasteiger charge is -2.25. The van der Waals surface area contributed by atoms with Crippen LogP contribution in [0, 0.1) is 6.92 Å². The number of hydrogen-bond acceptors (Lipinski definition) is 7. The Labute approximate surface area is 195 Å². The molecule has 1 amide bonds. The molecule has 0 unspecified atom stereocenters. The molecule has 2 rings (SSSR count). The van der Waals surface area contributed by atoms with Gasteiger partial charge in [-0.25, -0.2) is 8.42 Å². The maximum Gasteiger partial charge on any atom is 0.247 e. The van der Waals surface area contributed by atoms with Crippen molar-refractivity contribution >= 4 is 15.9 Å². The molecule has 0 aromatic heterocycles. The van der Waals surface area contributed by atoms with Gasteiger partial charge in [-0.15, -0.1) is 0 Å². The van der Waals surface area contributed by atoms with Gasteiger partial charge in [0, 0.05) is 20.1 Å². The molecule has 0 saturated heterocycles. The molecule has 0 heterocycles. The summed E-state index contributed by atoms with van der Waals surface area (Å²) in [6.07, 6.45) is 0. The number of nitrogens with zero attached hydrogens (tertiary/aromatic N) is 2. The Morgan fingerprint density at radius 2 is 1.48 bits per heavy atom. The summed E-state index contributed by atoms with van der Waals surface area (Å²) in [5.74, 6) is 1.26. The normalized spacial score (nSPS) is 11.3. The molecule has 0 N–H and O–H groups in total. The highest BCUT2D eigenvalue weighted by Gasteiger charge is 2.29. The van der Waals surface area contributed by atoms with Gasteiger partial charge in [0.15, 0.2) is 11.5 Å². The van der Waals surface area contributed by atoms with E-state index in [0.29, 0.717) is 17.2 Å². The molecule has 9 nitrogen and oxygen atoms in total. The van der Waals surface area contributed by atoms with Crippen LogP contribution in [-0.4, -0.2) is 72.1 Å². The van der Waals surface area contributed by atoms with E-state index in [4.69, 9.17) is 18.9 Å². The van der Waals surface area contributed by atoms with Crippen molar-refractivity contribution in [1.82, 2.24) is 9.21 Å². The molecule has 0 saturated carbocycles. The SMILES string of the molecule is CCN(CC(=O)N(C)Cc1cc(OC)c(OC)c(OC)c1)S(=O)(=O)c1cc(C)ccc1OC. The maximum absolute atomic E-state index is 13.3. The van der Waals surface area contributed by atoms with Crippen molar-refractivity contribution in [1.29, 1.82) is 0 Å². The Balaban J connectivity index is 2.25. The van der Waals surface area contributed by atoms with Gasteiger partial charge in [0.25, 0.3) is 0 Å². The van der Waals surface area contributed by atoms with Gasteiger partial charge in [0.2, 0.25) is 21.7 Å². The lowest BCUT2D eigenvalue weighted by molar-refractivity contribution is -0.130. The Kier molecular flexibility index (Phi) is 8.95. The second-order valence-corrected chi connectivity index (χ2v) is 9.28. The first-order valence-electron chi connectivity index (χ1n) is 10.3. The van der Waals surface area contributed by atoms with Crippen molar-refractivity contribution in [3.05, 3.63) is 41.5 Å². The van der Waals surface area contributed by atoms with E-state index in [0.717, 1.165) is 15.4 Å². The number of aryl methyl sites for hydroxylation is 1. The molecule has 10 heteroatoms. The molecule has 0 bridgehead atoms. The van der Waals surface area contributed by atoms with Gasteiger partial charge < -0.3 is 23.8 Å². The standard InChI is InChI=1S/C23H32N2O7S/c1-8-25(33(27,28)21-11-16(2)9-10-18(21)29-4)15-22(26)24(3)14-17-12-19(30-5)23(32-7)20(13-17)31-6/h9-13H,8,14-15H2,1-7H3. The molecule has 0 atom stereocenters. The number of likely N-dealkylation sites (N-methyl/N-ethyl adjacent to an activating group) is 2. The molecule has 0 radical (unpaired) electrons. The van der Waals surface area contributed by atoms with E-state index in [1.54, 1.807) is 51.2 Å². The fraction of sp³-hybridized carbons (Fsp3) is 0.435. The van der Waals surface area contributed by atoms with E-state index in [-0.39, 0.29) is 36.2 Å². The van der Waals surface area contributed by atoms with Gasteiger partial charge >= 0.3 is 0 Å². The fourth-order valence-electron chi connectivity index (χ4n) is 3.35. The highest BCUT2D eigenvalue weighted by molar-refractivity contribution is 7.89. The lowest BCUT2D eigenvalue weighted by atomic mass is 10.1. The molecule has 0 aliphatic rings. The molecule has 0 aliphatic heterocycles. The molecular weight excluding hydrogens is 448 g/mol. The van der Waals surface area contributed by atoms with Crippen molar-refractivity contribution in [2.24, 2.45) is 0 Å². The van der Waals surface area contributed by atoms with Crippen LogP contribution in [-0.2, 0) is 21.4 Å². The quantitative estimate of drug-likeness (QED) is 0.488. The number of methoxy groups -OCH3 is 4. The zero-order valence-electron chi connectivity index (χ0n) is 20.2. The first-order chi connectivity index (χ1) is 15.6. The van der Waals surface area contributed by atoms with E-state index < -0.39 is 10.0 Å². The smallest absolute Gasteiger partial charge is 0.247 e. The summed E-state index contributed by atoms with van der Waals surface area (Å²) in [4.78, 5) is 14.4. The van der Waals surface area contributed by atoms with Crippen molar-refractivity contribution in [2.45, 2.75) is 25.3 Å². The molecular formula is C23H32N2O7S. The summed E-state index contributed by atoms with van der Waals surface area (Å²) in [7, 11) is 3.62. The Morgan fingerprint density at radius 3 is 1.97 bits per heavy atom. The average Bonchev–Trinajstić information content (AvgIpc) is 2.81. The first-order valence-corrected chi connectivity index (χ1v) is 11.7.